The predicted octanol–water partition coefficient (Wildman–Crippen LogP) is 0.950. The van der Waals surface area contributed by atoms with E-state index in [1.54, 1.807) is 18.5 Å². The monoisotopic (exact) mass is 193 g/mol. The number of nitrogens with one attached hydrogen (secondary N) is 1. The maximum Gasteiger partial charge on any atom is 0.343 e. The third-order valence-corrected chi connectivity index (χ3v) is 1.80. The molecule has 0 amide bonds. The van der Waals surface area contributed by atoms with Gasteiger partial charge in [-0.15, -0.1) is 0 Å². The van der Waals surface area contributed by atoms with E-state index in [4.69, 9.17) is 10.8 Å². The summed E-state index contributed by atoms with van der Waals surface area (Å²) in [4.78, 5) is 13.6. The molecule has 2 rings (SSSR count). The lowest BCUT2D eigenvalue weighted by Gasteiger charge is -1.92. The number of hydrogen-bond donors (Lipinski definition) is 3. The van der Waals surface area contributed by atoms with Crippen LogP contribution in [0.25, 0.3) is 11.3 Å². The molecule has 0 unspecified atom stereocenters. The van der Waals surface area contributed by atoms with E-state index in [0.29, 0.717) is 5.56 Å². The largest absolute Gasteiger partial charge is 0.477 e. The fourth-order valence-electron chi connectivity index (χ4n) is 1.18. The molecule has 14 heavy (non-hydrogen) atoms. The number of nitrogens with zero attached hydrogens (tertiary/aromatic N) is 1. The Labute approximate surface area is 78.3 Å². The van der Waals surface area contributed by atoms with Crippen LogP contribution in [0.1, 0.15) is 10.4 Å². The van der Waals surface area contributed by atoms with E-state index in [9.17, 15) is 4.79 Å². The van der Waals surface area contributed by atoms with Crippen LogP contribution in [0.4, 0.5) is 5.88 Å². The van der Waals surface area contributed by atoms with Gasteiger partial charge < -0.3 is 20.3 Å². The molecule has 2 heterocycles. The molecule has 0 bridgehead atoms. The Bertz CT molecular complexity index is 458. The molecule has 0 aromatic carbocycles. The summed E-state index contributed by atoms with van der Waals surface area (Å²) in [5.41, 5.74) is 6.08. The van der Waals surface area contributed by atoms with Crippen LogP contribution in [-0.2, 0) is 0 Å². The average Bonchev–Trinajstić information content (AvgIpc) is 2.70. The Morgan fingerprint density at radius 2 is 2.43 bits per heavy atom. The van der Waals surface area contributed by atoms with Gasteiger partial charge in [0.25, 0.3) is 0 Å². The molecular formula is C8H7N3O3. The minimum absolute atomic E-state index is 0.107. The fourth-order valence-corrected chi connectivity index (χ4v) is 1.18. The first-order chi connectivity index (χ1) is 6.70. The van der Waals surface area contributed by atoms with Crippen molar-refractivity contribution in [3.8, 4) is 11.3 Å². The van der Waals surface area contributed by atoms with Gasteiger partial charge in [-0.2, -0.15) is 0 Å². The molecular weight excluding hydrogens is 186 g/mol. The topological polar surface area (TPSA) is 105 Å². The minimum Gasteiger partial charge on any atom is -0.477 e. The number of carbonyl (C=O) groups is 1. The summed E-state index contributed by atoms with van der Waals surface area (Å²) in [6, 6.07) is 1.68. The molecule has 2 aromatic heterocycles. The minimum atomic E-state index is -1.15. The summed E-state index contributed by atoms with van der Waals surface area (Å²) in [5.74, 6) is -1.34. The van der Waals surface area contributed by atoms with E-state index in [2.05, 4.69) is 14.7 Å². The zero-order chi connectivity index (χ0) is 10.1. The molecule has 0 fully saturated rings. The second-order valence-electron chi connectivity index (χ2n) is 2.68. The quantitative estimate of drug-likeness (QED) is 0.658. The number of anilines is 1. The van der Waals surface area contributed by atoms with E-state index < -0.39 is 5.97 Å². The van der Waals surface area contributed by atoms with Crippen LogP contribution < -0.4 is 5.73 Å². The number of carboxylic acids is 1. The summed E-state index contributed by atoms with van der Waals surface area (Å²) in [5, 5.41) is 12.4. The SMILES string of the molecule is Nc1onc(-c2cc[nH]c2)c1C(=O)O. The van der Waals surface area contributed by atoms with Gasteiger partial charge in [0.05, 0.1) is 0 Å². The maximum absolute atomic E-state index is 10.8. The van der Waals surface area contributed by atoms with Crippen molar-refractivity contribution in [2.24, 2.45) is 0 Å². The molecule has 0 saturated heterocycles. The lowest BCUT2D eigenvalue weighted by molar-refractivity contribution is 0.0698. The van der Waals surface area contributed by atoms with Crippen molar-refractivity contribution in [1.82, 2.24) is 10.1 Å². The van der Waals surface area contributed by atoms with Gasteiger partial charge in [-0.1, -0.05) is 5.16 Å². The van der Waals surface area contributed by atoms with Gasteiger partial charge >= 0.3 is 5.97 Å². The molecule has 0 aliphatic rings. The van der Waals surface area contributed by atoms with Gasteiger partial charge in [0.15, 0.2) is 5.56 Å². The van der Waals surface area contributed by atoms with Gasteiger partial charge in [-0.3, -0.25) is 0 Å². The number of nitrogen functional groups attached to an aromatic ring is 1. The number of hydrogen-bond acceptors (Lipinski definition) is 4. The van der Waals surface area contributed by atoms with Crippen molar-refractivity contribution >= 4 is 11.9 Å². The van der Waals surface area contributed by atoms with Crippen LogP contribution in [0.3, 0.4) is 0 Å². The van der Waals surface area contributed by atoms with Crippen molar-refractivity contribution in [2.45, 2.75) is 0 Å². The second-order valence-corrected chi connectivity index (χ2v) is 2.68. The molecule has 0 saturated carbocycles. The highest BCUT2D eigenvalue weighted by Crippen LogP contribution is 2.26. The summed E-state index contributed by atoms with van der Waals surface area (Å²) >= 11 is 0. The van der Waals surface area contributed by atoms with Crippen molar-refractivity contribution in [2.75, 3.05) is 5.73 Å². The number of aromatic carboxylic acids is 1. The van der Waals surface area contributed by atoms with Crippen molar-refractivity contribution in [1.29, 1.82) is 0 Å². The third-order valence-electron chi connectivity index (χ3n) is 1.80. The fraction of sp³-hybridized carbons (Fsp3) is 0. The number of H-pyrrole nitrogens is 1. The van der Waals surface area contributed by atoms with Crippen LogP contribution in [-0.4, -0.2) is 21.2 Å². The molecule has 0 atom stereocenters. The summed E-state index contributed by atoms with van der Waals surface area (Å²) in [6.45, 7) is 0. The first kappa shape index (κ1) is 8.36. The second kappa shape index (κ2) is 2.91. The number of nitrogens with two attached hydrogens (primary N) is 1. The lowest BCUT2D eigenvalue weighted by atomic mass is 10.1. The summed E-state index contributed by atoms with van der Waals surface area (Å²) in [6.07, 6.45) is 3.27. The van der Waals surface area contributed by atoms with E-state index in [-0.39, 0.29) is 17.1 Å². The molecule has 0 spiro atoms. The van der Waals surface area contributed by atoms with E-state index in [1.165, 1.54) is 0 Å². The Hall–Kier alpha value is -2.24. The van der Waals surface area contributed by atoms with Gasteiger partial charge in [0.1, 0.15) is 5.69 Å². The van der Waals surface area contributed by atoms with Crippen molar-refractivity contribution in [3.63, 3.8) is 0 Å². The number of aromatic nitrogens is 2. The van der Waals surface area contributed by atoms with Crippen molar-refractivity contribution in [3.05, 3.63) is 24.0 Å². The van der Waals surface area contributed by atoms with Crippen LogP contribution >= 0.6 is 0 Å². The molecule has 72 valence electrons. The van der Waals surface area contributed by atoms with E-state index in [0.717, 1.165) is 0 Å². The van der Waals surface area contributed by atoms with Crippen LogP contribution in [0.15, 0.2) is 23.0 Å². The smallest absolute Gasteiger partial charge is 0.343 e. The van der Waals surface area contributed by atoms with Gasteiger partial charge in [0, 0.05) is 18.0 Å². The standard InChI is InChI=1S/C8H7N3O3/c9-7-5(8(12)13)6(11-14-7)4-1-2-10-3-4/h1-3,10H,9H2,(H,12,13). The van der Waals surface area contributed by atoms with Crippen LogP contribution in [0.5, 0.6) is 0 Å². The van der Waals surface area contributed by atoms with E-state index >= 15 is 0 Å². The van der Waals surface area contributed by atoms with Gasteiger partial charge in [0.2, 0.25) is 5.88 Å². The molecule has 0 aliphatic heterocycles. The molecule has 6 heteroatoms. The van der Waals surface area contributed by atoms with Crippen LogP contribution in [0.2, 0.25) is 0 Å². The zero-order valence-electron chi connectivity index (χ0n) is 7.02. The first-order valence-corrected chi connectivity index (χ1v) is 3.81. The maximum atomic E-state index is 10.8. The predicted molar refractivity (Wildman–Crippen MR) is 47.7 cm³/mol. The molecule has 2 aromatic rings. The average molecular weight is 193 g/mol. The highest BCUT2D eigenvalue weighted by atomic mass is 16.5. The number of aromatic amines is 1. The Balaban J connectivity index is 2.60. The summed E-state index contributed by atoms with van der Waals surface area (Å²) in [7, 11) is 0. The third kappa shape index (κ3) is 1.13. The van der Waals surface area contributed by atoms with E-state index in [1.807, 2.05) is 0 Å². The normalized spacial score (nSPS) is 10.3. The highest BCUT2D eigenvalue weighted by molar-refractivity contribution is 5.98. The number of carboxylic acid groups (broad SMARTS) is 1. The van der Waals surface area contributed by atoms with Crippen molar-refractivity contribution < 1.29 is 14.4 Å². The van der Waals surface area contributed by atoms with Gasteiger partial charge in [-0.25, -0.2) is 4.79 Å². The first-order valence-electron chi connectivity index (χ1n) is 3.81. The molecule has 0 radical (unpaired) electrons. The van der Waals surface area contributed by atoms with Gasteiger partial charge in [-0.05, 0) is 6.07 Å². The summed E-state index contributed by atoms with van der Waals surface area (Å²) < 4.78 is 4.61. The Kier molecular flexibility index (Phi) is 1.74. The Morgan fingerprint density at radius 3 is 3.00 bits per heavy atom. The molecule has 6 nitrogen and oxygen atoms in total. The molecule has 4 N–H and O–H groups in total. The zero-order valence-corrected chi connectivity index (χ0v) is 7.02. The molecule has 0 aliphatic carbocycles. The lowest BCUT2D eigenvalue weighted by Crippen LogP contribution is -2.00. The Morgan fingerprint density at radius 1 is 1.64 bits per heavy atom. The highest BCUT2D eigenvalue weighted by Gasteiger charge is 2.21. The number of rotatable bonds is 2. The van der Waals surface area contributed by atoms with Crippen LogP contribution in [0, 0.1) is 0 Å².